The monoisotopic (exact) mass is 199 g/mol. The van der Waals surface area contributed by atoms with Crippen LogP contribution >= 0.6 is 0 Å². The smallest absolute Gasteiger partial charge is 0.0690 e. The minimum Gasteiger partial charge on any atom is -0.392 e. The van der Waals surface area contributed by atoms with Crippen LogP contribution in [0.1, 0.15) is 46.5 Å². The van der Waals surface area contributed by atoms with E-state index in [1.54, 1.807) is 0 Å². The van der Waals surface area contributed by atoms with Crippen molar-refractivity contribution in [2.75, 3.05) is 13.1 Å². The maximum absolute atomic E-state index is 9.80. The highest BCUT2D eigenvalue weighted by molar-refractivity contribution is 4.79. The van der Waals surface area contributed by atoms with E-state index in [2.05, 4.69) is 25.7 Å². The Balaban J connectivity index is 2.42. The van der Waals surface area contributed by atoms with E-state index in [0.29, 0.717) is 6.04 Å². The van der Waals surface area contributed by atoms with Crippen LogP contribution in [0.25, 0.3) is 0 Å². The minimum absolute atomic E-state index is 0.148. The summed E-state index contributed by atoms with van der Waals surface area (Å²) in [6.45, 7) is 8.85. The first-order chi connectivity index (χ1) is 6.69. The molecule has 0 aliphatic carbocycles. The lowest BCUT2D eigenvalue weighted by Gasteiger charge is -2.38. The lowest BCUT2D eigenvalue weighted by Crippen LogP contribution is -2.46. The van der Waals surface area contributed by atoms with Gasteiger partial charge in [0.2, 0.25) is 0 Å². The zero-order chi connectivity index (χ0) is 10.6. The molecule has 0 spiro atoms. The highest BCUT2D eigenvalue weighted by atomic mass is 16.3. The molecular formula is C12H25NO. The van der Waals surface area contributed by atoms with Crippen molar-refractivity contribution in [1.29, 1.82) is 0 Å². The summed E-state index contributed by atoms with van der Waals surface area (Å²) in [5, 5.41) is 9.80. The number of likely N-dealkylation sites (tertiary alicyclic amines) is 1. The first-order valence-electron chi connectivity index (χ1n) is 6.11. The molecule has 0 aromatic carbocycles. The maximum atomic E-state index is 9.80. The molecule has 0 amide bonds. The van der Waals surface area contributed by atoms with E-state index in [-0.39, 0.29) is 6.10 Å². The van der Waals surface area contributed by atoms with Crippen LogP contribution in [-0.4, -0.2) is 35.2 Å². The van der Waals surface area contributed by atoms with Crippen molar-refractivity contribution in [2.24, 2.45) is 5.92 Å². The number of rotatable bonds is 4. The Morgan fingerprint density at radius 2 is 2.14 bits per heavy atom. The van der Waals surface area contributed by atoms with Gasteiger partial charge in [0.1, 0.15) is 0 Å². The Morgan fingerprint density at radius 1 is 1.43 bits per heavy atom. The van der Waals surface area contributed by atoms with E-state index < -0.39 is 0 Å². The molecule has 84 valence electrons. The van der Waals surface area contributed by atoms with Gasteiger partial charge in [-0.15, -0.1) is 0 Å². The van der Waals surface area contributed by atoms with Crippen LogP contribution in [0.3, 0.4) is 0 Å². The predicted octanol–water partition coefficient (Wildman–Crippen LogP) is 2.27. The van der Waals surface area contributed by atoms with Crippen LogP contribution in [0.4, 0.5) is 0 Å². The molecule has 0 aromatic rings. The van der Waals surface area contributed by atoms with Gasteiger partial charge in [-0.1, -0.05) is 20.3 Å². The molecule has 3 atom stereocenters. The number of piperidine rings is 1. The van der Waals surface area contributed by atoms with Crippen molar-refractivity contribution in [3.63, 3.8) is 0 Å². The van der Waals surface area contributed by atoms with E-state index in [0.717, 1.165) is 12.3 Å². The minimum atomic E-state index is -0.148. The maximum Gasteiger partial charge on any atom is 0.0690 e. The second kappa shape index (κ2) is 5.72. The van der Waals surface area contributed by atoms with Crippen LogP contribution in [0.15, 0.2) is 0 Å². The number of nitrogens with zero attached hydrogens (tertiary/aromatic N) is 1. The lowest BCUT2D eigenvalue weighted by atomic mass is 9.93. The quantitative estimate of drug-likeness (QED) is 0.751. The van der Waals surface area contributed by atoms with E-state index in [1.165, 1.54) is 32.4 Å². The number of aliphatic hydroxyl groups excluding tert-OH is 1. The SMILES string of the molecule is CCC1CCCN(C(C)C(O)CC)C1. The molecule has 1 heterocycles. The van der Waals surface area contributed by atoms with E-state index in [9.17, 15) is 5.11 Å². The van der Waals surface area contributed by atoms with Crippen LogP contribution < -0.4 is 0 Å². The zero-order valence-electron chi connectivity index (χ0n) is 9.87. The molecule has 1 fully saturated rings. The van der Waals surface area contributed by atoms with E-state index in [4.69, 9.17) is 0 Å². The van der Waals surface area contributed by atoms with Gasteiger partial charge < -0.3 is 5.11 Å². The Hall–Kier alpha value is -0.0800. The largest absolute Gasteiger partial charge is 0.392 e. The zero-order valence-corrected chi connectivity index (χ0v) is 9.87. The molecule has 0 bridgehead atoms. The molecule has 1 rings (SSSR count). The van der Waals surface area contributed by atoms with Gasteiger partial charge in [-0.05, 0) is 38.6 Å². The summed E-state index contributed by atoms with van der Waals surface area (Å²) in [7, 11) is 0. The number of hydrogen-bond donors (Lipinski definition) is 1. The molecule has 1 aliphatic rings. The van der Waals surface area contributed by atoms with Gasteiger partial charge in [-0.25, -0.2) is 0 Å². The van der Waals surface area contributed by atoms with Crippen LogP contribution in [-0.2, 0) is 0 Å². The molecule has 1 saturated heterocycles. The highest BCUT2D eigenvalue weighted by Gasteiger charge is 2.25. The van der Waals surface area contributed by atoms with Gasteiger partial charge >= 0.3 is 0 Å². The van der Waals surface area contributed by atoms with Crippen molar-refractivity contribution in [3.8, 4) is 0 Å². The Kier molecular flexibility index (Phi) is 4.90. The van der Waals surface area contributed by atoms with Gasteiger partial charge in [-0.2, -0.15) is 0 Å². The molecule has 0 radical (unpaired) electrons. The topological polar surface area (TPSA) is 23.5 Å². The Morgan fingerprint density at radius 3 is 2.71 bits per heavy atom. The van der Waals surface area contributed by atoms with Crippen LogP contribution in [0.2, 0.25) is 0 Å². The first kappa shape index (κ1) is 12.0. The molecule has 1 aliphatic heterocycles. The summed E-state index contributed by atoms with van der Waals surface area (Å²) in [5.74, 6) is 0.857. The van der Waals surface area contributed by atoms with Gasteiger partial charge in [0.15, 0.2) is 0 Å². The summed E-state index contributed by atoms with van der Waals surface area (Å²) >= 11 is 0. The van der Waals surface area contributed by atoms with Crippen LogP contribution in [0, 0.1) is 5.92 Å². The van der Waals surface area contributed by atoms with Gasteiger partial charge in [0.25, 0.3) is 0 Å². The van der Waals surface area contributed by atoms with Crippen molar-refractivity contribution in [2.45, 2.75) is 58.6 Å². The van der Waals surface area contributed by atoms with Crippen molar-refractivity contribution >= 4 is 0 Å². The molecule has 2 heteroatoms. The highest BCUT2D eigenvalue weighted by Crippen LogP contribution is 2.22. The first-order valence-corrected chi connectivity index (χ1v) is 6.11. The summed E-state index contributed by atoms with van der Waals surface area (Å²) in [4.78, 5) is 2.46. The van der Waals surface area contributed by atoms with Crippen molar-refractivity contribution in [1.82, 2.24) is 4.90 Å². The van der Waals surface area contributed by atoms with Crippen LogP contribution in [0.5, 0.6) is 0 Å². The number of aliphatic hydroxyl groups is 1. The third-order valence-electron chi connectivity index (χ3n) is 3.68. The summed E-state index contributed by atoms with van der Waals surface area (Å²) in [6, 6.07) is 0.342. The third-order valence-corrected chi connectivity index (χ3v) is 3.68. The number of hydrogen-bond acceptors (Lipinski definition) is 2. The molecule has 3 unspecified atom stereocenters. The second-order valence-corrected chi connectivity index (χ2v) is 4.63. The normalized spacial score (nSPS) is 28.7. The van der Waals surface area contributed by atoms with Crippen molar-refractivity contribution in [3.05, 3.63) is 0 Å². The summed E-state index contributed by atoms with van der Waals surface area (Å²) in [6.07, 6.45) is 4.69. The standard InChI is InChI=1S/C12H25NO/c1-4-11-7-6-8-13(9-11)10(3)12(14)5-2/h10-12,14H,4-9H2,1-3H3. The van der Waals surface area contributed by atoms with Crippen molar-refractivity contribution < 1.29 is 5.11 Å². The fourth-order valence-corrected chi connectivity index (χ4v) is 2.38. The average Bonchev–Trinajstić information content (AvgIpc) is 2.27. The molecule has 0 saturated carbocycles. The molecule has 1 N–H and O–H groups in total. The van der Waals surface area contributed by atoms with E-state index >= 15 is 0 Å². The van der Waals surface area contributed by atoms with Gasteiger partial charge in [0, 0.05) is 12.6 Å². The second-order valence-electron chi connectivity index (χ2n) is 4.63. The molecule has 2 nitrogen and oxygen atoms in total. The fraction of sp³-hybridized carbons (Fsp3) is 1.00. The Labute approximate surface area is 88.3 Å². The third kappa shape index (κ3) is 2.96. The van der Waals surface area contributed by atoms with Gasteiger partial charge in [0.05, 0.1) is 6.10 Å². The molecular weight excluding hydrogens is 174 g/mol. The van der Waals surface area contributed by atoms with E-state index in [1.807, 2.05) is 0 Å². The fourth-order valence-electron chi connectivity index (χ4n) is 2.38. The van der Waals surface area contributed by atoms with Gasteiger partial charge in [-0.3, -0.25) is 4.90 Å². The lowest BCUT2D eigenvalue weighted by molar-refractivity contribution is 0.0312. The summed E-state index contributed by atoms with van der Waals surface area (Å²) in [5.41, 5.74) is 0. The molecule has 0 aromatic heterocycles. The average molecular weight is 199 g/mol. The Bertz CT molecular complexity index is 158. The predicted molar refractivity (Wildman–Crippen MR) is 60.3 cm³/mol. The summed E-state index contributed by atoms with van der Waals surface area (Å²) < 4.78 is 0. The molecule has 14 heavy (non-hydrogen) atoms.